The minimum absolute atomic E-state index is 0.125. The molecule has 8 heteroatoms. The first-order valence-corrected chi connectivity index (χ1v) is 10.9. The Hall–Kier alpha value is -3.23. The van der Waals surface area contributed by atoms with E-state index in [9.17, 15) is 4.79 Å². The molecule has 0 saturated heterocycles. The number of hydrogen-bond acceptors (Lipinski definition) is 6. The van der Waals surface area contributed by atoms with Crippen molar-refractivity contribution in [3.8, 4) is 16.3 Å². The number of fused-ring (bicyclic) bond motifs is 1. The van der Waals surface area contributed by atoms with E-state index in [0.29, 0.717) is 35.9 Å². The Morgan fingerprint density at radius 3 is 2.81 bits per heavy atom. The minimum Gasteiger partial charge on any atom is -0.491 e. The molecule has 0 aliphatic carbocycles. The number of hydrogen-bond donors (Lipinski definition) is 1. The third-order valence-corrected chi connectivity index (χ3v) is 5.61. The molecule has 4 aromatic rings. The van der Waals surface area contributed by atoms with Crippen molar-refractivity contribution < 1.29 is 14.3 Å². The van der Waals surface area contributed by atoms with Gasteiger partial charge in [0.2, 0.25) is 0 Å². The molecule has 0 radical (unpaired) electrons. The third kappa shape index (κ3) is 4.60. The van der Waals surface area contributed by atoms with Crippen LogP contribution in [0.5, 0.6) is 5.75 Å². The van der Waals surface area contributed by atoms with Crippen LogP contribution in [0.1, 0.15) is 30.2 Å². The summed E-state index contributed by atoms with van der Waals surface area (Å²) in [6.45, 7) is 5.02. The van der Waals surface area contributed by atoms with Gasteiger partial charge < -0.3 is 14.8 Å². The number of amides is 1. The summed E-state index contributed by atoms with van der Waals surface area (Å²) < 4.78 is 12.5. The average Bonchev–Trinajstić information content (AvgIpc) is 3.43. The molecule has 0 spiro atoms. The van der Waals surface area contributed by atoms with Gasteiger partial charge >= 0.3 is 0 Å². The molecule has 0 saturated carbocycles. The molecular weight excluding hydrogens is 412 g/mol. The number of ether oxygens (including phenoxy) is 2. The Morgan fingerprint density at radius 1 is 1.19 bits per heavy atom. The van der Waals surface area contributed by atoms with Crippen LogP contribution in [-0.4, -0.2) is 41.0 Å². The number of carbonyl (C=O) groups is 1. The molecule has 0 aliphatic rings. The van der Waals surface area contributed by atoms with Crippen molar-refractivity contribution in [1.82, 2.24) is 14.8 Å². The lowest BCUT2D eigenvalue weighted by molar-refractivity contribution is 0.102. The van der Waals surface area contributed by atoms with Crippen LogP contribution in [-0.2, 0) is 4.74 Å². The van der Waals surface area contributed by atoms with Crippen molar-refractivity contribution in [1.29, 1.82) is 0 Å². The number of anilines is 1. The maximum atomic E-state index is 13.3. The number of benzene rings is 1. The normalized spacial score (nSPS) is 11.2. The first kappa shape index (κ1) is 21.0. The molecule has 3 heterocycles. The lowest BCUT2D eigenvalue weighted by Gasteiger charge is -2.11. The van der Waals surface area contributed by atoms with Crippen LogP contribution in [0.25, 0.3) is 21.6 Å². The summed E-state index contributed by atoms with van der Waals surface area (Å²) in [7, 11) is 1.63. The zero-order valence-corrected chi connectivity index (χ0v) is 18.5. The van der Waals surface area contributed by atoms with Gasteiger partial charge in [0.05, 0.1) is 34.3 Å². The second kappa shape index (κ2) is 9.28. The predicted molar refractivity (Wildman–Crippen MR) is 123 cm³/mol. The van der Waals surface area contributed by atoms with Crippen LogP contribution >= 0.6 is 11.3 Å². The third-order valence-electron chi connectivity index (χ3n) is 4.72. The van der Waals surface area contributed by atoms with E-state index in [-0.39, 0.29) is 11.9 Å². The molecule has 0 unspecified atom stereocenters. The molecule has 0 bridgehead atoms. The van der Waals surface area contributed by atoms with E-state index in [1.807, 2.05) is 60.3 Å². The Labute approximate surface area is 184 Å². The van der Waals surface area contributed by atoms with Crippen LogP contribution in [0.3, 0.4) is 0 Å². The Balaban J connectivity index is 1.68. The van der Waals surface area contributed by atoms with E-state index < -0.39 is 0 Å². The van der Waals surface area contributed by atoms with Crippen molar-refractivity contribution in [3.05, 3.63) is 59.6 Å². The second-order valence-electron chi connectivity index (χ2n) is 7.28. The number of pyridine rings is 1. The summed E-state index contributed by atoms with van der Waals surface area (Å²) in [5, 5.41) is 10.2. The fourth-order valence-corrected chi connectivity index (χ4v) is 3.93. The fraction of sp³-hybridized carbons (Fsp3) is 0.261. The topological polar surface area (TPSA) is 78.3 Å². The highest BCUT2D eigenvalue weighted by Crippen LogP contribution is 2.29. The molecule has 1 amide bonds. The van der Waals surface area contributed by atoms with E-state index in [1.54, 1.807) is 30.7 Å². The summed E-state index contributed by atoms with van der Waals surface area (Å²) in [5.74, 6) is 0.448. The van der Waals surface area contributed by atoms with Crippen LogP contribution in [0, 0.1) is 0 Å². The Kier molecular flexibility index (Phi) is 6.29. The van der Waals surface area contributed by atoms with E-state index in [4.69, 9.17) is 14.5 Å². The number of methoxy groups -OCH3 is 1. The highest BCUT2D eigenvalue weighted by atomic mass is 32.1. The smallest absolute Gasteiger partial charge is 0.256 e. The van der Waals surface area contributed by atoms with Gasteiger partial charge in [0, 0.05) is 24.9 Å². The van der Waals surface area contributed by atoms with Crippen molar-refractivity contribution in [3.63, 3.8) is 0 Å². The maximum absolute atomic E-state index is 13.3. The Morgan fingerprint density at radius 2 is 2.06 bits per heavy atom. The first-order valence-electron chi connectivity index (χ1n) is 10.0. The van der Waals surface area contributed by atoms with Crippen molar-refractivity contribution >= 4 is 34.0 Å². The average molecular weight is 437 g/mol. The molecule has 31 heavy (non-hydrogen) atoms. The van der Waals surface area contributed by atoms with Gasteiger partial charge in [-0.25, -0.2) is 9.67 Å². The molecule has 0 atom stereocenters. The highest BCUT2D eigenvalue weighted by Gasteiger charge is 2.19. The van der Waals surface area contributed by atoms with Gasteiger partial charge in [-0.1, -0.05) is 12.1 Å². The largest absolute Gasteiger partial charge is 0.491 e. The quantitative estimate of drug-likeness (QED) is 0.393. The van der Waals surface area contributed by atoms with E-state index in [1.165, 1.54) is 0 Å². The van der Waals surface area contributed by atoms with Gasteiger partial charge in [0.1, 0.15) is 12.4 Å². The summed E-state index contributed by atoms with van der Waals surface area (Å²) >= 11 is 1.59. The standard InChI is InChI=1S/C23H24N4O3S/c1-15(2)27-22-19(14-24-27)18(13-20(26-22)21-8-5-11-31-21)23(28)25-16-6-4-7-17(12-16)30-10-9-29-3/h4-8,11-15H,9-10H2,1-3H3,(H,25,28). The van der Waals surface area contributed by atoms with Gasteiger partial charge in [-0.15, -0.1) is 11.3 Å². The summed E-state index contributed by atoms with van der Waals surface area (Å²) in [6, 6.07) is 13.2. The zero-order valence-electron chi connectivity index (χ0n) is 17.7. The van der Waals surface area contributed by atoms with Crippen LogP contribution in [0.4, 0.5) is 5.69 Å². The molecule has 0 fully saturated rings. The number of rotatable bonds is 8. The number of aromatic nitrogens is 3. The highest BCUT2D eigenvalue weighted by molar-refractivity contribution is 7.13. The van der Waals surface area contributed by atoms with Gasteiger partial charge in [0.25, 0.3) is 5.91 Å². The van der Waals surface area contributed by atoms with E-state index >= 15 is 0 Å². The van der Waals surface area contributed by atoms with Crippen LogP contribution in [0.15, 0.2) is 54.0 Å². The SMILES string of the molecule is COCCOc1cccc(NC(=O)c2cc(-c3cccs3)nc3c2cnn3C(C)C)c1. The maximum Gasteiger partial charge on any atom is 0.256 e. The Bertz CT molecular complexity index is 1180. The first-order chi connectivity index (χ1) is 15.1. The van der Waals surface area contributed by atoms with Gasteiger partial charge in [-0.05, 0) is 43.5 Å². The predicted octanol–water partition coefficient (Wildman–Crippen LogP) is 5.02. The summed E-state index contributed by atoms with van der Waals surface area (Å²) in [4.78, 5) is 19.1. The lowest BCUT2D eigenvalue weighted by Crippen LogP contribution is -2.13. The molecular formula is C23H24N4O3S. The summed E-state index contributed by atoms with van der Waals surface area (Å²) in [6.07, 6.45) is 1.71. The monoisotopic (exact) mass is 436 g/mol. The van der Waals surface area contributed by atoms with Crippen molar-refractivity contribution in [2.75, 3.05) is 25.6 Å². The lowest BCUT2D eigenvalue weighted by atomic mass is 10.1. The molecule has 4 rings (SSSR count). The molecule has 0 aliphatic heterocycles. The second-order valence-corrected chi connectivity index (χ2v) is 8.22. The van der Waals surface area contributed by atoms with Crippen molar-refractivity contribution in [2.24, 2.45) is 0 Å². The minimum atomic E-state index is -0.220. The molecule has 1 N–H and O–H groups in total. The fourth-order valence-electron chi connectivity index (χ4n) is 3.24. The van der Waals surface area contributed by atoms with Crippen LogP contribution in [0.2, 0.25) is 0 Å². The van der Waals surface area contributed by atoms with Crippen LogP contribution < -0.4 is 10.1 Å². The van der Waals surface area contributed by atoms with Gasteiger partial charge in [0.15, 0.2) is 5.65 Å². The molecule has 3 aromatic heterocycles. The molecule has 7 nitrogen and oxygen atoms in total. The molecule has 160 valence electrons. The molecule has 1 aromatic carbocycles. The zero-order chi connectivity index (χ0) is 21.8. The number of thiophene rings is 1. The van der Waals surface area contributed by atoms with E-state index in [2.05, 4.69) is 10.4 Å². The van der Waals surface area contributed by atoms with Gasteiger partial charge in [-0.2, -0.15) is 5.10 Å². The summed E-state index contributed by atoms with van der Waals surface area (Å²) in [5.41, 5.74) is 2.64. The van der Waals surface area contributed by atoms with Gasteiger partial charge in [-0.3, -0.25) is 4.79 Å². The number of nitrogens with one attached hydrogen (secondary N) is 1. The van der Waals surface area contributed by atoms with E-state index in [0.717, 1.165) is 16.0 Å². The number of nitrogens with zero attached hydrogens (tertiary/aromatic N) is 3. The van der Waals surface area contributed by atoms with Crippen molar-refractivity contribution in [2.45, 2.75) is 19.9 Å². The number of carbonyl (C=O) groups excluding carboxylic acids is 1.